The molecule has 1 fully saturated rings. The van der Waals surface area contributed by atoms with Gasteiger partial charge in [0.2, 0.25) is 0 Å². The van der Waals surface area contributed by atoms with E-state index < -0.39 is 6.10 Å². The van der Waals surface area contributed by atoms with Crippen molar-refractivity contribution in [3.05, 3.63) is 52.5 Å². The van der Waals surface area contributed by atoms with Gasteiger partial charge in [0.05, 0.1) is 23.8 Å². The standard InChI is InChI=1S/C17H22N2O2S/c20-15(11-19-14-6-7-14)12-21-16(10-17-18-8-9-22-17)13-4-2-1-3-5-13/h1-5,8-9,14-16,19-20H,6-7,10-12H2. The summed E-state index contributed by atoms with van der Waals surface area (Å²) in [7, 11) is 0. The van der Waals surface area contributed by atoms with Crippen molar-refractivity contribution in [2.75, 3.05) is 13.2 Å². The summed E-state index contributed by atoms with van der Waals surface area (Å²) in [6, 6.07) is 10.8. The van der Waals surface area contributed by atoms with Gasteiger partial charge in [-0.2, -0.15) is 0 Å². The van der Waals surface area contributed by atoms with Gasteiger partial charge in [0.15, 0.2) is 0 Å². The molecule has 4 nitrogen and oxygen atoms in total. The van der Waals surface area contributed by atoms with Crippen LogP contribution >= 0.6 is 11.3 Å². The summed E-state index contributed by atoms with van der Waals surface area (Å²) < 4.78 is 5.99. The molecule has 1 aromatic heterocycles. The van der Waals surface area contributed by atoms with Crippen LogP contribution < -0.4 is 5.32 Å². The Morgan fingerprint density at radius 2 is 2.14 bits per heavy atom. The number of hydrogen-bond donors (Lipinski definition) is 2. The minimum absolute atomic E-state index is 0.0667. The van der Waals surface area contributed by atoms with E-state index in [4.69, 9.17) is 4.74 Å². The fourth-order valence-electron chi connectivity index (χ4n) is 2.33. The van der Waals surface area contributed by atoms with Gasteiger partial charge in [-0.3, -0.25) is 0 Å². The van der Waals surface area contributed by atoms with Crippen LogP contribution in [0.1, 0.15) is 29.5 Å². The molecule has 3 rings (SSSR count). The summed E-state index contributed by atoms with van der Waals surface area (Å²) in [5, 5.41) is 16.4. The Labute approximate surface area is 135 Å². The van der Waals surface area contributed by atoms with Gasteiger partial charge in [-0.15, -0.1) is 11.3 Å². The third-order valence-electron chi connectivity index (χ3n) is 3.72. The molecule has 2 aromatic rings. The first-order valence-corrected chi connectivity index (χ1v) is 8.65. The van der Waals surface area contributed by atoms with Crippen molar-refractivity contribution in [1.82, 2.24) is 10.3 Å². The Kier molecular flexibility index (Phi) is 5.56. The summed E-state index contributed by atoms with van der Waals surface area (Å²) >= 11 is 1.64. The number of ether oxygens (including phenoxy) is 1. The predicted octanol–water partition coefficient (Wildman–Crippen LogP) is 2.56. The van der Waals surface area contributed by atoms with E-state index in [9.17, 15) is 5.11 Å². The van der Waals surface area contributed by atoms with Crippen LogP contribution in [-0.2, 0) is 11.2 Å². The van der Waals surface area contributed by atoms with Crippen molar-refractivity contribution in [2.24, 2.45) is 0 Å². The number of aromatic nitrogens is 1. The summed E-state index contributed by atoms with van der Waals surface area (Å²) in [6.07, 6.45) is 4.47. The van der Waals surface area contributed by atoms with Gasteiger partial charge in [-0.1, -0.05) is 30.3 Å². The van der Waals surface area contributed by atoms with Crippen molar-refractivity contribution >= 4 is 11.3 Å². The molecule has 0 radical (unpaired) electrons. The van der Waals surface area contributed by atoms with Crippen LogP contribution in [0.15, 0.2) is 41.9 Å². The van der Waals surface area contributed by atoms with Gasteiger partial charge in [-0.05, 0) is 18.4 Å². The Morgan fingerprint density at radius 1 is 1.32 bits per heavy atom. The second kappa shape index (κ2) is 7.83. The summed E-state index contributed by atoms with van der Waals surface area (Å²) in [5.41, 5.74) is 1.13. The first-order valence-electron chi connectivity index (χ1n) is 7.77. The van der Waals surface area contributed by atoms with Gasteiger partial charge in [0.1, 0.15) is 0 Å². The zero-order valence-electron chi connectivity index (χ0n) is 12.5. The molecule has 1 saturated carbocycles. The normalized spacial score (nSPS) is 17.3. The highest BCUT2D eigenvalue weighted by atomic mass is 32.1. The number of rotatable bonds is 9. The predicted molar refractivity (Wildman–Crippen MR) is 88.0 cm³/mol. The zero-order valence-corrected chi connectivity index (χ0v) is 13.3. The topological polar surface area (TPSA) is 54.4 Å². The van der Waals surface area contributed by atoms with E-state index in [1.807, 2.05) is 29.8 Å². The zero-order chi connectivity index (χ0) is 15.2. The minimum atomic E-state index is -0.469. The lowest BCUT2D eigenvalue weighted by atomic mass is 10.1. The first-order chi connectivity index (χ1) is 10.8. The fourth-order valence-corrected chi connectivity index (χ4v) is 2.98. The number of hydrogen-bond acceptors (Lipinski definition) is 5. The third kappa shape index (κ3) is 4.88. The monoisotopic (exact) mass is 318 g/mol. The average molecular weight is 318 g/mol. The molecule has 2 unspecified atom stereocenters. The van der Waals surface area contributed by atoms with E-state index in [1.54, 1.807) is 11.3 Å². The quantitative estimate of drug-likeness (QED) is 0.746. The Hall–Kier alpha value is -1.27. The molecule has 1 aliphatic carbocycles. The van der Waals surface area contributed by atoms with Gasteiger partial charge < -0.3 is 15.2 Å². The van der Waals surface area contributed by atoms with Crippen molar-refractivity contribution in [1.29, 1.82) is 0 Å². The molecular weight excluding hydrogens is 296 g/mol. The average Bonchev–Trinajstić information content (AvgIpc) is 3.25. The molecule has 5 heteroatoms. The molecule has 0 saturated heterocycles. The summed E-state index contributed by atoms with van der Waals surface area (Å²) in [5.74, 6) is 0. The molecule has 2 N–H and O–H groups in total. The number of aliphatic hydroxyl groups is 1. The maximum atomic E-state index is 10.0. The van der Waals surface area contributed by atoms with Gasteiger partial charge in [0.25, 0.3) is 0 Å². The molecule has 1 aromatic carbocycles. The van der Waals surface area contributed by atoms with Crippen molar-refractivity contribution in [3.8, 4) is 0 Å². The summed E-state index contributed by atoms with van der Waals surface area (Å²) in [4.78, 5) is 4.34. The van der Waals surface area contributed by atoms with Gasteiger partial charge >= 0.3 is 0 Å². The van der Waals surface area contributed by atoms with E-state index in [0.29, 0.717) is 19.2 Å². The molecular formula is C17H22N2O2S. The maximum Gasteiger partial charge on any atom is 0.0954 e. The number of aliphatic hydroxyl groups excluding tert-OH is 1. The van der Waals surface area contributed by atoms with Crippen LogP contribution in [0, 0.1) is 0 Å². The van der Waals surface area contributed by atoms with Crippen LogP contribution in [-0.4, -0.2) is 35.4 Å². The number of nitrogens with one attached hydrogen (secondary N) is 1. The number of nitrogens with zero attached hydrogens (tertiary/aromatic N) is 1. The highest BCUT2D eigenvalue weighted by Crippen LogP contribution is 2.23. The lowest BCUT2D eigenvalue weighted by Crippen LogP contribution is -2.32. The van der Waals surface area contributed by atoms with Gasteiger partial charge in [0, 0.05) is 30.6 Å². The van der Waals surface area contributed by atoms with E-state index in [-0.39, 0.29) is 6.10 Å². The summed E-state index contributed by atoms with van der Waals surface area (Å²) in [6.45, 7) is 0.939. The number of benzene rings is 1. The largest absolute Gasteiger partial charge is 0.389 e. The molecule has 0 amide bonds. The molecule has 1 heterocycles. The van der Waals surface area contributed by atoms with Crippen LogP contribution in [0.5, 0.6) is 0 Å². The maximum absolute atomic E-state index is 10.0. The van der Waals surface area contributed by atoms with Crippen LogP contribution in [0.3, 0.4) is 0 Å². The molecule has 0 aliphatic heterocycles. The van der Waals surface area contributed by atoms with E-state index >= 15 is 0 Å². The highest BCUT2D eigenvalue weighted by Gasteiger charge is 2.22. The molecule has 2 atom stereocenters. The van der Waals surface area contributed by atoms with Crippen molar-refractivity contribution in [2.45, 2.75) is 37.5 Å². The van der Waals surface area contributed by atoms with Crippen molar-refractivity contribution < 1.29 is 9.84 Å². The third-order valence-corrected chi connectivity index (χ3v) is 4.53. The lowest BCUT2D eigenvalue weighted by molar-refractivity contribution is -0.00979. The van der Waals surface area contributed by atoms with Crippen LogP contribution in [0.4, 0.5) is 0 Å². The highest BCUT2D eigenvalue weighted by molar-refractivity contribution is 7.09. The van der Waals surface area contributed by atoms with E-state index in [0.717, 1.165) is 17.0 Å². The second-order valence-electron chi connectivity index (χ2n) is 5.70. The molecule has 22 heavy (non-hydrogen) atoms. The second-order valence-corrected chi connectivity index (χ2v) is 6.68. The van der Waals surface area contributed by atoms with E-state index in [2.05, 4.69) is 22.4 Å². The molecule has 0 spiro atoms. The molecule has 0 bridgehead atoms. The van der Waals surface area contributed by atoms with Crippen LogP contribution in [0.25, 0.3) is 0 Å². The Balaban J connectivity index is 1.55. The van der Waals surface area contributed by atoms with Crippen LogP contribution in [0.2, 0.25) is 0 Å². The Morgan fingerprint density at radius 3 is 2.82 bits per heavy atom. The van der Waals surface area contributed by atoms with Crippen molar-refractivity contribution in [3.63, 3.8) is 0 Å². The van der Waals surface area contributed by atoms with E-state index in [1.165, 1.54) is 12.8 Å². The molecule has 1 aliphatic rings. The number of thiazole rings is 1. The minimum Gasteiger partial charge on any atom is -0.389 e. The molecule has 118 valence electrons. The first kappa shape index (κ1) is 15.6. The van der Waals surface area contributed by atoms with Gasteiger partial charge in [-0.25, -0.2) is 4.98 Å². The Bertz CT molecular complexity index is 543. The SMILES string of the molecule is OC(CNC1CC1)COC(Cc1nccs1)c1ccccc1. The smallest absolute Gasteiger partial charge is 0.0954 e. The fraction of sp³-hybridized carbons (Fsp3) is 0.471. The lowest BCUT2D eigenvalue weighted by Gasteiger charge is -2.20.